The van der Waals surface area contributed by atoms with E-state index in [0.717, 1.165) is 50.4 Å². The number of Topliss-reactive ketones (excluding diaryl/α,β-unsaturated/α-hetero) is 1. The Kier molecular flexibility index (Phi) is 13.6. The number of hydrogen-bond donors (Lipinski definition) is 0. The van der Waals surface area contributed by atoms with Gasteiger partial charge in [-0.2, -0.15) is 0 Å². The Hall–Kier alpha value is -3.45. The highest BCUT2D eigenvalue weighted by atomic mass is 16.1. The van der Waals surface area contributed by atoms with Crippen molar-refractivity contribution in [2.45, 2.75) is 141 Å². The summed E-state index contributed by atoms with van der Waals surface area (Å²) in [6, 6.07) is 37.0. The second kappa shape index (κ2) is 18.7. The number of aryl methyl sites for hydroxylation is 2. The molecule has 0 unspecified atom stereocenters. The molecule has 2 fully saturated rings. The molecule has 1 heteroatoms. The average molecular weight is 667 g/mol. The van der Waals surface area contributed by atoms with E-state index in [-0.39, 0.29) is 0 Å². The zero-order valence-electron chi connectivity index (χ0n) is 31.2. The van der Waals surface area contributed by atoms with Gasteiger partial charge in [0.25, 0.3) is 0 Å². The third-order valence-electron chi connectivity index (χ3n) is 12.2. The van der Waals surface area contributed by atoms with Gasteiger partial charge in [0.2, 0.25) is 0 Å². The Labute approximate surface area is 304 Å². The highest BCUT2D eigenvalue weighted by Crippen LogP contribution is 2.40. The zero-order chi connectivity index (χ0) is 34.5. The summed E-state index contributed by atoms with van der Waals surface area (Å²) in [4.78, 5) is 12.8. The number of carbonyl (C=O) groups excluding carboxylic acids is 1. The van der Waals surface area contributed by atoms with Crippen LogP contribution in [0.4, 0.5) is 0 Å². The minimum absolute atomic E-state index is 0.507. The first-order valence-electron chi connectivity index (χ1n) is 20.5. The molecule has 0 radical (unpaired) electrons. The lowest BCUT2D eigenvalue weighted by Gasteiger charge is -2.29. The lowest BCUT2D eigenvalue weighted by atomic mass is 9.76. The maximum Gasteiger partial charge on any atom is 0.132 e. The van der Waals surface area contributed by atoms with Crippen molar-refractivity contribution in [2.24, 2.45) is 11.8 Å². The van der Waals surface area contributed by atoms with Crippen LogP contribution in [0, 0.1) is 11.8 Å². The average Bonchev–Trinajstić information content (AvgIpc) is 3.16. The van der Waals surface area contributed by atoms with Crippen LogP contribution in [0.15, 0.2) is 97.1 Å². The van der Waals surface area contributed by atoms with Crippen LogP contribution in [0.5, 0.6) is 0 Å². The molecule has 0 aromatic heterocycles. The van der Waals surface area contributed by atoms with E-state index in [9.17, 15) is 4.79 Å². The lowest BCUT2D eigenvalue weighted by Crippen LogP contribution is -2.14. The molecule has 0 aliphatic heterocycles. The normalized spacial score (nSPS) is 20.8. The standard InChI is InChI=1S/C49H62O/c1-3-7-37-13-21-41(22-14-37)45-29-33-47(34-30-45)43-25-17-39(18-26-43)9-5-11-49(50)12-6-10-40-19-27-44(28-20-40)48-35-31-46(32-36-48)42-23-15-38(8-4-2)16-24-42/h13-16,21-24,29-36,39-40,43-44H,3-12,17-20,25-28H2,1-2H3. The third kappa shape index (κ3) is 10.3. The lowest BCUT2D eigenvalue weighted by molar-refractivity contribution is -0.119. The molecule has 0 saturated heterocycles. The molecule has 0 bridgehead atoms. The molecule has 4 aromatic rings. The fourth-order valence-corrected chi connectivity index (χ4v) is 9.07. The van der Waals surface area contributed by atoms with E-state index in [1.807, 2.05) is 0 Å². The van der Waals surface area contributed by atoms with Gasteiger partial charge in [-0.25, -0.2) is 0 Å². The molecule has 2 aliphatic rings. The van der Waals surface area contributed by atoms with E-state index >= 15 is 0 Å². The molecule has 0 heterocycles. The van der Waals surface area contributed by atoms with Crippen molar-refractivity contribution < 1.29 is 4.79 Å². The maximum atomic E-state index is 12.8. The molecular formula is C49H62O. The molecule has 264 valence electrons. The first-order chi connectivity index (χ1) is 24.6. The molecule has 50 heavy (non-hydrogen) atoms. The van der Waals surface area contributed by atoms with E-state index in [4.69, 9.17) is 0 Å². The van der Waals surface area contributed by atoms with Crippen molar-refractivity contribution in [2.75, 3.05) is 0 Å². The van der Waals surface area contributed by atoms with Crippen molar-refractivity contribution in [1.29, 1.82) is 0 Å². The van der Waals surface area contributed by atoms with E-state index in [2.05, 4.69) is 111 Å². The predicted molar refractivity (Wildman–Crippen MR) is 214 cm³/mol. The molecule has 0 N–H and O–H groups in total. The highest BCUT2D eigenvalue weighted by Gasteiger charge is 2.24. The molecule has 0 spiro atoms. The topological polar surface area (TPSA) is 17.1 Å². The first-order valence-corrected chi connectivity index (χ1v) is 20.5. The SMILES string of the molecule is CCCc1ccc(-c2ccc(C3CCC(CCCC(=O)CCCC4CCC(c5ccc(-c6ccc(CCC)cc6)cc5)CC4)CC3)cc2)cc1. The summed E-state index contributed by atoms with van der Waals surface area (Å²) in [6.07, 6.45) is 21.4. The Balaban J connectivity index is 0.823. The van der Waals surface area contributed by atoms with Gasteiger partial charge in [0, 0.05) is 12.8 Å². The van der Waals surface area contributed by atoms with Gasteiger partial charge in [0.05, 0.1) is 0 Å². The van der Waals surface area contributed by atoms with Crippen molar-refractivity contribution in [3.05, 3.63) is 119 Å². The van der Waals surface area contributed by atoms with Crippen LogP contribution in [0.1, 0.15) is 151 Å². The summed E-state index contributed by atoms with van der Waals surface area (Å²) in [5, 5.41) is 0. The second-order valence-electron chi connectivity index (χ2n) is 15.9. The number of ketones is 1. The van der Waals surface area contributed by atoms with Gasteiger partial charge < -0.3 is 0 Å². The molecule has 4 aromatic carbocycles. The van der Waals surface area contributed by atoms with Gasteiger partial charge in [-0.1, -0.05) is 137 Å². The summed E-state index contributed by atoms with van der Waals surface area (Å²) in [5.74, 6) is 3.52. The van der Waals surface area contributed by atoms with Gasteiger partial charge in [0.1, 0.15) is 5.78 Å². The molecule has 0 amide bonds. The van der Waals surface area contributed by atoms with Crippen LogP contribution < -0.4 is 0 Å². The number of hydrogen-bond acceptors (Lipinski definition) is 1. The molecule has 6 rings (SSSR count). The van der Waals surface area contributed by atoms with Gasteiger partial charge in [0.15, 0.2) is 0 Å². The van der Waals surface area contributed by atoms with Crippen LogP contribution in [0.2, 0.25) is 0 Å². The number of rotatable bonds is 16. The Morgan fingerprint density at radius 3 is 1.10 bits per heavy atom. The fourth-order valence-electron chi connectivity index (χ4n) is 9.07. The van der Waals surface area contributed by atoms with Crippen LogP contribution in [0.3, 0.4) is 0 Å². The van der Waals surface area contributed by atoms with Gasteiger partial charge in [-0.15, -0.1) is 0 Å². The number of carbonyl (C=O) groups is 1. The molecule has 2 aliphatic carbocycles. The third-order valence-corrected chi connectivity index (χ3v) is 12.2. The van der Waals surface area contributed by atoms with Crippen LogP contribution >= 0.6 is 0 Å². The summed E-state index contributed by atoms with van der Waals surface area (Å²) in [5.41, 5.74) is 11.2. The Morgan fingerprint density at radius 2 is 0.780 bits per heavy atom. The van der Waals surface area contributed by atoms with Gasteiger partial charge in [-0.3, -0.25) is 4.79 Å². The largest absolute Gasteiger partial charge is 0.300 e. The molecule has 2 saturated carbocycles. The van der Waals surface area contributed by atoms with E-state index < -0.39 is 0 Å². The quantitative estimate of drug-likeness (QED) is 0.116. The van der Waals surface area contributed by atoms with Gasteiger partial charge in [-0.05, 0) is 145 Å². The molecule has 1 nitrogen and oxygen atoms in total. The summed E-state index contributed by atoms with van der Waals surface area (Å²) < 4.78 is 0. The minimum atomic E-state index is 0.507. The van der Waals surface area contributed by atoms with E-state index in [1.54, 1.807) is 0 Å². The van der Waals surface area contributed by atoms with E-state index in [0.29, 0.717) is 17.6 Å². The van der Waals surface area contributed by atoms with Crippen molar-refractivity contribution >= 4 is 5.78 Å². The minimum Gasteiger partial charge on any atom is -0.300 e. The van der Waals surface area contributed by atoms with Gasteiger partial charge >= 0.3 is 0 Å². The maximum absolute atomic E-state index is 12.8. The van der Waals surface area contributed by atoms with Crippen molar-refractivity contribution in [3.63, 3.8) is 0 Å². The summed E-state index contributed by atoms with van der Waals surface area (Å²) >= 11 is 0. The monoisotopic (exact) mass is 666 g/mol. The predicted octanol–water partition coefficient (Wildman–Crippen LogP) is 14.1. The fraction of sp³-hybridized carbons (Fsp3) is 0.490. The zero-order valence-corrected chi connectivity index (χ0v) is 31.2. The van der Waals surface area contributed by atoms with Crippen LogP contribution in [-0.2, 0) is 17.6 Å². The van der Waals surface area contributed by atoms with Crippen LogP contribution in [0.25, 0.3) is 22.3 Å². The number of benzene rings is 4. The second-order valence-corrected chi connectivity index (χ2v) is 15.9. The van der Waals surface area contributed by atoms with Crippen LogP contribution in [-0.4, -0.2) is 5.78 Å². The molecular weight excluding hydrogens is 605 g/mol. The van der Waals surface area contributed by atoms with Crippen molar-refractivity contribution in [1.82, 2.24) is 0 Å². The molecule has 0 atom stereocenters. The first kappa shape index (κ1) is 36.3. The van der Waals surface area contributed by atoms with Crippen molar-refractivity contribution in [3.8, 4) is 22.3 Å². The Morgan fingerprint density at radius 1 is 0.460 bits per heavy atom. The highest BCUT2D eigenvalue weighted by molar-refractivity contribution is 5.78. The smallest absolute Gasteiger partial charge is 0.132 e. The summed E-state index contributed by atoms with van der Waals surface area (Å²) in [7, 11) is 0. The van der Waals surface area contributed by atoms with E-state index in [1.165, 1.54) is 122 Å². The Bertz CT molecular complexity index is 1440. The summed E-state index contributed by atoms with van der Waals surface area (Å²) in [6.45, 7) is 4.48.